The van der Waals surface area contributed by atoms with Gasteiger partial charge in [0.2, 0.25) is 0 Å². The van der Waals surface area contributed by atoms with Crippen LogP contribution in [0.5, 0.6) is 0 Å². The maximum Gasteiger partial charge on any atom is 0.161 e. The standard InChI is InChI=1S/C13H16N2O2/c1-8-13(11(4)17-14-8)7-15-6-5-12(9(15)2)10(3)16/h5-6H,7H2,1-4H3. The van der Waals surface area contributed by atoms with Crippen LogP contribution in [-0.4, -0.2) is 15.5 Å². The van der Waals surface area contributed by atoms with E-state index in [1.165, 1.54) is 0 Å². The maximum atomic E-state index is 11.4. The van der Waals surface area contributed by atoms with E-state index in [2.05, 4.69) is 5.16 Å². The third-order valence-electron chi connectivity index (χ3n) is 3.13. The fourth-order valence-electron chi connectivity index (χ4n) is 1.99. The number of rotatable bonds is 3. The van der Waals surface area contributed by atoms with Crippen LogP contribution in [0.3, 0.4) is 0 Å². The SMILES string of the molecule is CC(=O)c1ccn(Cc2c(C)noc2C)c1C. The van der Waals surface area contributed by atoms with Gasteiger partial charge in [-0.3, -0.25) is 4.79 Å². The lowest BCUT2D eigenvalue weighted by Gasteiger charge is -2.06. The van der Waals surface area contributed by atoms with Gasteiger partial charge < -0.3 is 9.09 Å². The maximum absolute atomic E-state index is 11.4. The molecule has 2 aromatic rings. The number of carbonyl (C=O) groups is 1. The van der Waals surface area contributed by atoms with E-state index in [9.17, 15) is 4.79 Å². The van der Waals surface area contributed by atoms with Gasteiger partial charge in [0.25, 0.3) is 0 Å². The second kappa shape index (κ2) is 4.20. The summed E-state index contributed by atoms with van der Waals surface area (Å²) in [5, 5.41) is 3.93. The molecule has 2 heterocycles. The molecule has 0 aromatic carbocycles. The number of ketones is 1. The van der Waals surface area contributed by atoms with E-state index in [0.29, 0.717) is 6.54 Å². The van der Waals surface area contributed by atoms with Crippen molar-refractivity contribution in [2.75, 3.05) is 0 Å². The molecule has 4 nitrogen and oxygen atoms in total. The first kappa shape index (κ1) is 11.6. The van der Waals surface area contributed by atoms with Crippen LogP contribution in [0.25, 0.3) is 0 Å². The molecule has 0 saturated carbocycles. The van der Waals surface area contributed by atoms with Crippen LogP contribution in [0.2, 0.25) is 0 Å². The fraction of sp³-hybridized carbons (Fsp3) is 0.385. The van der Waals surface area contributed by atoms with Crippen LogP contribution in [0.15, 0.2) is 16.8 Å². The Bertz CT molecular complexity index is 544. The van der Waals surface area contributed by atoms with E-state index >= 15 is 0 Å². The third-order valence-corrected chi connectivity index (χ3v) is 3.13. The van der Waals surface area contributed by atoms with E-state index in [1.54, 1.807) is 6.92 Å². The Balaban J connectivity index is 2.34. The van der Waals surface area contributed by atoms with Crippen LogP contribution in [-0.2, 0) is 6.54 Å². The van der Waals surface area contributed by atoms with Gasteiger partial charge in [-0.15, -0.1) is 0 Å². The molecule has 0 aliphatic carbocycles. The fourth-order valence-corrected chi connectivity index (χ4v) is 1.99. The van der Waals surface area contributed by atoms with E-state index in [4.69, 9.17) is 4.52 Å². The molecule has 0 amide bonds. The molecule has 0 atom stereocenters. The topological polar surface area (TPSA) is 48.0 Å². The summed E-state index contributed by atoms with van der Waals surface area (Å²) in [5.74, 6) is 0.931. The van der Waals surface area contributed by atoms with Crippen molar-refractivity contribution in [3.05, 3.63) is 40.5 Å². The molecule has 17 heavy (non-hydrogen) atoms. The van der Waals surface area contributed by atoms with Gasteiger partial charge in [-0.25, -0.2) is 0 Å². The zero-order valence-electron chi connectivity index (χ0n) is 10.6. The molecule has 0 fully saturated rings. The monoisotopic (exact) mass is 232 g/mol. The van der Waals surface area contributed by atoms with Crippen LogP contribution < -0.4 is 0 Å². The van der Waals surface area contributed by atoms with E-state index < -0.39 is 0 Å². The lowest BCUT2D eigenvalue weighted by Crippen LogP contribution is -2.04. The highest BCUT2D eigenvalue weighted by Gasteiger charge is 2.13. The number of carbonyl (C=O) groups excluding carboxylic acids is 1. The van der Waals surface area contributed by atoms with Gasteiger partial charge in [-0.05, 0) is 33.8 Å². The minimum atomic E-state index is 0.0972. The predicted octanol–water partition coefficient (Wildman–Crippen LogP) is 2.65. The molecule has 0 N–H and O–H groups in total. The summed E-state index contributed by atoms with van der Waals surface area (Å²) >= 11 is 0. The lowest BCUT2D eigenvalue weighted by atomic mass is 10.2. The van der Waals surface area contributed by atoms with Crippen LogP contribution in [0, 0.1) is 20.8 Å². The van der Waals surface area contributed by atoms with Crippen LogP contribution in [0.1, 0.15) is 40.0 Å². The van der Waals surface area contributed by atoms with Crippen molar-refractivity contribution in [1.82, 2.24) is 9.72 Å². The number of nitrogens with zero attached hydrogens (tertiary/aromatic N) is 2. The van der Waals surface area contributed by atoms with E-state index in [1.807, 2.05) is 37.6 Å². The lowest BCUT2D eigenvalue weighted by molar-refractivity contribution is 0.101. The highest BCUT2D eigenvalue weighted by molar-refractivity contribution is 5.95. The highest BCUT2D eigenvalue weighted by Crippen LogP contribution is 2.17. The molecule has 0 radical (unpaired) electrons. The molecular weight excluding hydrogens is 216 g/mol. The summed E-state index contributed by atoms with van der Waals surface area (Å²) < 4.78 is 7.18. The molecule has 0 bridgehead atoms. The average molecular weight is 232 g/mol. The van der Waals surface area contributed by atoms with Crippen molar-refractivity contribution in [1.29, 1.82) is 0 Å². The quantitative estimate of drug-likeness (QED) is 0.764. The first-order valence-corrected chi connectivity index (χ1v) is 5.59. The molecule has 2 aromatic heterocycles. The van der Waals surface area contributed by atoms with Gasteiger partial charge in [-0.2, -0.15) is 0 Å². The summed E-state index contributed by atoms with van der Waals surface area (Å²) in [7, 11) is 0. The predicted molar refractivity (Wildman–Crippen MR) is 64.3 cm³/mol. The Morgan fingerprint density at radius 2 is 2.12 bits per heavy atom. The molecule has 90 valence electrons. The van der Waals surface area contributed by atoms with Gasteiger partial charge in [-0.1, -0.05) is 5.16 Å². The zero-order chi connectivity index (χ0) is 12.6. The minimum absolute atomic E-state index is 0.0972. The number of hydrogen-bond donors (Lipinski definition) is 0. The van der Waals surface area contributed by atoms with Crippen molar-refractivity contribution in [2.45, 2.75) is 34.2 Å². The van der Waals surface area contributed by atoms with Crippen LogP contribution in [0.4, 0.5) is 0 Å². The second-order valence-corrected chi connectivity index (χ2v) is 4.30. The molecule has 0 aliphatic rings. The van der Waals surface area contributed by atoms with Gasteiger partial charge >= 0.3 is 0 Å². The number of aryl methyl sites for hydroxylation is 2. The molecule has 4 heteroatoms. The van der Waals surface area contributed by atoms with E-state index in [0.717, 1.165) is 28.3 Å². The molecule has 0 aliphatic heterocycles. The minimum Gasteiger partial charge on any atom is -0.361 e. The van der Waals surface area contributed by atoms with Crippen molar-refractivity contribution < 1.29 is 9.32 Å². The third kappa shape index (κ3) is 2.02. The molecule has 0 unspecified atom stereocenters. The Hall–Kier alpha value is -1.84. The Labute approximate surface area is 100 Å². The summed E-state index contributed by atoms with van der Waals surface area (Å²) in [6, 6.07) is 1.86. The first-order chi connectivity index (χ1) is 8.00. The van der Waals surface area contributed by atoms with Gasteiger partial charge in [0, 0.05) is 23.0 Å². The largest absolute Gasteiger partial charge is 0.361 e. The molecule has 0 spiro atoms. The van der Waals surface area contributed by atoms with Crippen molar-refractivity contribution in [3.8, 4) is 0 Å². The van der Waals surface area contributed by atoms with Gasteiger partial charge in [0.05, 0.1) is 12.2 Å². The first-order valence-electron chi connectivity index (χ1n) is 5.59. The summed E-state index contributed by atoms with van der Waals surface area (Å²) in [4.78, 5) is 11.4. The molecular formula is C13H16N2O2. The smallest absolute Gasteiger partial charge is 0.161 e. The van der Waals surface area contributed by atoms with Gasteiger partial charge in [0.1, 0.15) is 5.76 Å². The second-order valence-electron chi connectivity index (χ2n) is 4.30. The average Bonchev–Trinajstić information content (AvgIpc) is 2.77. The summed E-state index contributed by atoms with van der Waals surface area (Å²) in [5.41, 5.74) is 3.74. The number of aromatic nitrogens is 2. The molecule has 0 saturated heterocycles. The van der Waals surface area contributed by atoms with Crippen molar-refractivity contribution in [3.63, 3.8) is 0 Å². The van der Waals surface area contributed by atoms with Crippen molar-refractivity contribution >= 4 is 5.78 Å². The zero-order valence-corrected chi connectivity index (χ0v) is 10.6. The van der Waals surface area contributed by atoms with Crippen molar-refractivity contribution in [2.24, 2.45) is 0 Å². The Morgan fingerprint density at radius 1 is 1.41 bits per heavy atom. The normalized spacial score (nSPS) is 10.8. The Morgan fingerprint density at radius 3 is 2.59 bits per heavy atom. The van der Waals surface area contributed by atoms with E-state index in [-0.39, 0.29) is 5.78 Å². The summed E-state index contributed by atoms with van der Waals surface area (Å²) in [6.07, 6.45) is 1.93. The number of hydrogen-bond acceptors (Lipinski definition) is 3. The highest BCUT2D eigenvalue weighted by atomic mass is 16.5. The molecule has 2 rings (SSSR count). The van der Waals surface area contributed by atoms with Gasteiger partial charge in [0.15, 0.2) is 5.78 Å². The van der Waals surface area contributed by atoms with Crippen LogP contribution >= 0.6 is 0 Å². The Kier molecular flexibility index (Phi) is 2.88. The number of Topliss-reactive ketones (excluding diaryl/α,β-unsaturated/α-hetero) is 1. The summed E-state index contributed by atoms with van der Waals surface area (Å²) in [6.45, 7) is 8.06.